The summed E-state index contributed by atoms with van der Waals surface area (Å²) >= 11 is 0. The van der Waals surface area contributed by atoms with Gasteiger partial charge in [0.25, 0.3) is 0 Å². The Bertz CT molecular complexity index is 703. The molecule has 0 saturated heterocycles. The third kappa shape index (κ3) is 1.96. The van der Waals surface area contributed by atoms with Gasteiger partial charge in [0.1, 0.15) is 5.75 Å². The number of ether oxygens (including phenoxy) is 1. The van der Waals surface area contributed by atoms with Gasteiger partial charge >= 0.3 is 0 Å². The molecule has 0 fully saturated rings. The highest BCUT2D eigenvalue weighted by atomic mass is 16.5. The molecule has 3 aromatic rings. The van der Waals surface area contributed by atoms with E-state index in [9.17, 15) is 0 Å². The molecule has 0 spiro atoms. The highest BCUT2D eigenvalue weighted by Gasteiger charge is 2.01. The van der Waals surface area contributed by atoms with Crippen molar-refractivity contribution in [2.75, 3.05) is 0 Å². The molecule has 4 heteroatoms. The van der Waals surface area contributed by atoms with Gasteiger partial charge in [0.05, 0.1) is 0 Å². The molecule has 1 N–H and O–H groups in total. The number of nitrogens with zero attached hydrogens (tertiary/aromatic N) is 2. The zero-order valence-corrected chi connectivity index (χ0v) is 9.63. The summed E-state index contributed by atoms with van der Waals surface area (Å²) in [5.41, 5.74) is 1.08. The molecule has 88 valence electrons. The highest BCUT2D eigenvalue weighted by molar-refractivity contribution is 5.80. The van der Waals surface area contributed by atoms with E-state index < -0.39 is 0 Å². The van der Waals surface area contributed by atoms with Crippen molar-refractivity contribution in [1.29, 1.82) is 0 Å². The Morgan fingerprint density at radius 1 is 1.22 bits per heavy atom. The third-order valence-electron chi connectivity index (χ3n) is 2.58. The van der Waals surface area contributed by atoms with Crippen molar-refractivity contribution in [3.8, 4) is 11.6 Å². The van der Waals surface area contributed by atoms with Crippen LogP contribution in [-0.4, -0.2) is 15.0 Å². The van der Waals surface area contributed by atoms with E-state index in [-0.39, 0.29) is 0 Å². The van der Waals surface area contributed by atoms with E-state index in [2.05, 4.69) is 21.5 Å². The van der Waals surface area contributed by atoms with Crippen LogP contribution in [0.25, 0.3) is 17.0 Å². The molecule has 0 unspecified atom stereocenters. The second-order valence-corrected chi connectivity index (χ2v) is 3.79. The first-order valence-electron chi connectivity index (χ1n) is 5.55. The number of hydrogen-bond donors (Lipinski definition) is 1. The summed E-state index contributed by atoms with van der Waals surface area (Å²) in [6.07, 6.45) is 5.13. The van der Waals surface area contributed by atoms with Crippen molar-refractivity contribution in [3.63, 3.8) is 0 Å². The van der Waals surface area contributed by atoms with Crippen LogP contribution >= 0.6 is 0 Å². The summed E-state index contributed by atoms with van der Waals surface area (Å²) < 4.78 is 5.69. The van der Waals surface area contributed by atoms with Crippen LogP contribution < -0.4 is 4.74 Å². The van der Waals surface area contributed by atoms with Gasteiger partial charge in [-0.25, -0.2) is 4.98 Å². The molecule has 0 atom stereocenters. The fraction of sp³-hybridized carbons (Fsp3) is 0. The van der Waals surface area contributed by atoms with Crippen LogP contribution in [-0.2, 0) is 0 Å². The van der Waals surface area contributed by atoms with Crippen LogP contribution in [0.1, 0.15) is 5.82 Å². The van der Waals surface area contributed by atoms with Crippen molar-refractivity contribution >= 4 is 17.0 Å². The number of rotatable bonds is 3. The van der Waals surface area contributed by atoms with Gasteiger partial charge in [-0.15, -0.1) is 0 Å². The SMILES string of the molecule is C=Cc1nccc(Oc2ccc3[nH]ccc3c2)n1. The number of aromatic nitrogens is 3. The van der Waals surface area contributed by atoms with Crippen LogP contribution in [0.3, 0.4) is 0 Å². The standard InChI is InChI=1S/C14H11N3O/c1-2-13-16-8-6-14(17-13)18-11-3-4-12-10(9-11)5-7-15-12/h2-9,15H,1H2. The van der Waals surface area contributed by atoms with Gasteiger partial charge in [0.2, 0.25) is 5.88 Å². The summed E-state index contributed by atoms with van der Waals surface area (Å²) in [6.45, 7) is 3.63. The number of benzene rings is 1. The van der Waals surface area contributed by atoms with Gasteiger partial charge in [0.15, 0.2) is 5.82 Å². The van der Waals surface area contributed by atoms with Gasteiger partial charge in [-0.3, -0.25) is 0 Å². The lowest BCUT2D eigenvalue weighted by atomic mass is 10.2. The Morgan fingerprint density at radius 3 is 3.06 bits per heavy atom. The molecular formula is C14H11N3O. The lowest BCUT2D eigenvalue weighted by Gasteiger charge is -2.04. The summed E-state index contributed by atoms with van der Waals surface area (Å²) in [6, 6.07) is 9.54. The van der Waals surface area contributed by atoms with Gasteiger partial charge in [-0.05, 0) is 30.3 Å². The van der Waals surface area contributed by atoms with Crippen molar-refractivity contribution in [2.45, 2.75) is 0 Å². The molecule has 0 aliphatic carbocycles. The topological polar surface area (TPSA) is 50.8 Å². The fourth-order valence-corrected chi connectivity index (χ4v) is 1.73. The van der Waals surface area contributed by atoms with Gasteiger partial charge in [-0.1, -0.05) is 6.58 Å². The molecule has 0 amide bonds. The number of fused-ring (bicyclic) bond motifs is 1. The Labute approximate surface area is 104 Å². The van der Waals surface area contributed by atoms with Gasteiger partial charge in [-0.2, -0.15) is 4.98 Å². The molecule has 2 heterocycles. The van der Waals surface area contributed by atoms with E-state index in [1.165, 1.54) is 0 Å². The first kappa shape index (κ1) is 10.5. The molecular weight excluding hydrogens is 226 g/mol. The minimum Gasteiger partial charge on any atom is -0.439 e. The van der Waals surface area contributed by atoms with Crippen molar-refractivity contribution in [3.05, 3.63) is 55.1 Å². The lowest BCUT2D eigenvalue weighted by Crippen LogP contribution is -1.91. The molecule has 1 aromatic carbocycles. The maximum atomic E-state index is 5.69. The fourth-order valence-electron chi connectivity index (χ4n) is 1.73. The molecule has 0 aliphatic heterocycles. The van der Waals surface area contributed by atoms with Gasteiger partial charge in [0, 0.05) is 29.4 Å². The van der Waals surface area contributed by atoms with Crippen LogP contribution in [0.15, 0.2) is 49.3 Å². The van der Waals surface area contributed by atoms with E-state index in [0.717, 1.165) is 16.7 Å². The minimum atomic E-state index is 0.509. The molecule has 3 rings (SSSR count). The van der Waals surface area contributed by atoms with Crippen molar-refractivity contribution < 1.29 is 4.74 Å². The predicted octanol–water partition coefficient (Wildman–Crippen LogP) is 3.39. The average Bonchev–Trinajstić information content (AvgIpc) is 2.86. The van der Waals surface area contributed by atoms with Crippen LogP contribution in [0.5, 0.6) is 11.6 Å². The average molecular weight is 237 g/mol. The molecule has 18 heavy (non-hydrogen) atoms. The second-order valence-electron chi connectivity index (χ2n) is 3.79. The highest BCUT2D eigenvalue weighted by Crippen LogP contribution is 2.23. The van der Waals surface area contributed by atoms with E-state index >= 15 is 0 Å². The smallest absolute Gasteiger partial charge is 0.222 e. The number of H-pyrrole nitrogens is 1. The normalized spacial score (nSPS) is 10.4. The van der Waals surface area contributed by atoms with E-state index in [1.807, 2.05) is 30.5 Å². The molecule has 0 bridgehead atoms. The summed E-state index contributed by atoms with van der Waals surface area (Å²) in [5, 5.41) is 1.10. The number of nitrogens with one attached hydrogen (secondary N) is 1. The Morgan fingerprint density at radius 2 is 2.17 bits per heavy atom. The lowest BCUT2D eigenvalue weighted by molar-refractivity contribution is 0.461. The Kier molecular flexibility index (Phi) is 2.53. The summed E-state index contributed by atoms with van der Waals surface area (Å²) in [7, 11) is 0. The summed E-state index contributed by atoms with van der Waals surface area (Å²) in [5.74, 6) is 1.81. The quantitative estimate of drug-likeness (QED) is 0.759. The molecule has 2 aromatic heterocycles. The van der Waals surface area contributed by atoms with E-state index in [4.69, 9.17) is 4.74 Å². The van der Waals surface area contributed by atoms with E-state index in [1.54, 1.807) is 18.3 Å². The predicted molar refractivity (Wildman–Crippen MR) is 70.5 cm³/mol. The zero-order chi connectivity index (χ0) is 12.4. The maximum Gasteiger partial charge on any atom is 0.222 e. The summed E-state index contributed by atoms with van der Waals surface area (Å²) in [4.78, 5) is 11.4. The maximum absolute atomic E-state index is 5.69. The van der Waals surface area contributed by atoms with Crippen LogP contribution in [0.2, 0.25) is 0 Å². The molecule has 0 radical (unpaired) electrons. The largest absolute Gasteiger partial charge is 0.439 e. The van der Waals surface area contributed by atoms with E-state index in [0.29, 0.717) is 11.7 Å². The van der Waals surface area contributed by atoms with Crippen LogP contribution in [0, 0.1) is 0 Å². The van der Waals surface area contributed by atoms with Crippen molar-refractivity contribution in [1.82, 2.24) is 15.0 Å². The number of aromatic amines is 1. The third-order valence-corrected chi connectivity index (χ3v) is 2.58. The second kappa shape index (κ2) is 4.33. The van der Waals surface area contributed by atoms with Gasteiger partial charge < -0.3 is 9.72 Å². The molecule has 0 saturated carbocycles. The number of hydrogen-bond acceptors (Lipinski definition) is 3. The Hall–Kier alpha value is -2.62. The van der Waals surface area contributed by atoms with Crippen LogP contribution in [0.4, 0.5) is 0 Å². The zero-order valence-electron chi connectivity index (χ0n) is 9.63. The minimum absolute atomic E-state index is 0.509. The Balaban J connectivity index is 1.92. The first-order valence-corrected chi connectivity index (χ1v) is 5.55. The molecule has 0 aliphatic rings. The monoisotopic (exact) mass is 237 g/mol. The first-order chi connectivity index (χ1) is 8.85. The van der Waals surface area contributed by atoms with Crippen molar-refractivity contribution in [2.24, 2.45) is 0 Å². The molecule has 4 nitrogen and oxygen atoms in total.